The van der Waals surface area contributed by atoms with Crippen molar-refractivity contribution in [1.29, 1.82) is 10.8 Å². The van der Waals surface area contributed by atoms with Gasteiger partial charge in [-0.25, -0.2) is 0 Å². The Labute approximate surface area is 107 Å². The Morgan fingerprint density at radius 1 is 1.11 bits per heavy atom. The highest BCUT2D eigenvalue weighted by Gasteiger charge is 2.04. The van der Waals surface area contributed by atoms with E-state index in [1.807, 2.05) is 42.6 Å². The zero-order chi connectivity index (χ0) is 13.0. The fourth-order valence-electron chi connectivity index (χ4n) is 1.79. The van der Waals surface area contributed by atoms with Gasteiger partial charge in [0.25, 0.3) is 0 Å². The third-order valence-electron chi connectivity index (χ3n) is 2.65. The Hall–Kier alpha value is -2.29. The summed E-state index contributed by atoms with van der Waals surface area (Å²) in [5, 5.41) is 15.4. The molecule has 2 N–H and O–H groups in total. The van der Waals surface area contributed by atoms with Gasteiger partial charge in [-0.3, -0.25) is 4.98 Å². The molecular weight excluding hydrogens is 222 g/mol. The molecule has 1 aromatic heterocycles. The molecule has 0 bridgehead atoms. The van der Waals surface area contributed by atoms with Gasteiger partial charge in [0.05, 0.1) is 0 Å². The first-order valence-electron chi connectivity index (χ1n) is 5.79. The highest BCUT2D eigenvalue weighted by molar-refractivity contribution is 6.09. The lowest BCUT2D eigenvalue weighted by Crippen LogP contribution is -2.04. The third kappa shape index (κ3) is 2.88. The number of pyridine rings is 1. The fourth-order valence-corrected chi connectivity index (χ4v) is 1.79. The lowest BCUT2D eigenvalue weighted by atomic mass is 10.00. The van der Waals surface area contributed by atoms with Crippen molar-refractivity contribution in [2.24, 2.45) is 0 Å². The van der Waals surface area contributed by atoms with E-state index >= 15 is 0 Å². The predicted octanol–water partition coefficient (Wildman–Crippen LogP) is 3.55. The molecule has 2 aromatic rings. The summed E-state index contributed by atoms with van der Waals surface area (Å²) >= 11 is 0. The van der Waals surface area contributed by atoms with Crippen LogP contribution in [0.5, 0.6) is 0 Å². The second-order valence-corrected chi connectivity index (χ2v) is 4.26. The maximum Gasteiger partial charge on any atom is 0.0442 e. The lowest BCUT2D eigenvalue weighted by Gasteiger charge is -2.06. The molecule has 90 valence electrons. The van der Waals surface area contributed by atoms with Crippen LogP contribution in [0, 0.1) is 10.8 Å². The smallest absolute Gasteiger partial charge is 0.0442 e. The Bertz CT molecular complexity index is 573. The molecule has 1 aromatic carbocycles. The summed E-state index contributed by atoms with van der Waals surface area (Å²) in [5.74, 6) is 0. The minimum Gasteiger partial charge on any atom is -0.310 e. The molecule has 2 rings (SSSR count). The van der Waals surface area contributed by atoms with E-state index in [4.69, 9.17) is 10.8 Å². The fraction of sp³-hybridized carbons (Fsp3) is 0.133. The first-order valence-corrected chi connectivity index (χ1v) is 5.79. The molecule has 0 unspecified atom stereocenters. The van der Waals surface area contributed by atoms with Crippen LogP contribution in [0.4, 0.5) is 0 Å². The third-order valence-corrected chi connectivity index (χ3v) is 2.65. The summed E-state index contributed by atoms with van der Waals surface area (Å²) in [4.78, 5) is 4.10. The van der Waals surface area contributed by atoms with Crippen LogP contribution in [-0.2, 0) is 0 Å². The van der Waals surface area contributed by atoms with Crippen LogP contribution in [0.15, 0.2) is 48.8 Å². The predicted molar refractivity (Wildman–Crippen MR) is 74.5 cm³/mol. The molecule has 0 aliphatic heterocycles. The van der Waals surface area contributed by atoms with Gasteiger partial charge in [-0.1, -0.05) is 24.3 Å². The van der Waals surface area contributed by atoms with Crippen molar-refractivity contribution in [2.45, 2.75) is 13.3 Å². The quantitative estimate of drug-likeness (QED) is 0.785. The molecule has 0 spiro atoms. The van der Waals surface area contributed by atoms with Crippen molar-refractivity contribution in [3.8, 4) is 11.1 Å². The Morgan fingerprint density at radius 3 is 2.56 bits per heavy atom. The van der Waals surface area contributed by atoms with E-state index in [1.165, 1.54) is 0 Å². The summed E-state index contributed by atoms with van der Waals surface area (Å²) in [7, 11) is 0. The molecule has 0 radical (unpaired) electrons. The molecule has 0 fully saturated rings. The average molecular weight is 237 g/mol. The Kier molecular flexibility index (Phi) is 3.63. The number of hydrogen-bond acceptors (Lipinski definition) is 3. The van der Waals surface area contributed by atoms with Crippen LogP contribution in [0.1, 0.15) is 18.9 Å². The molecule has 0 amide bonds. The first-order chi connectivity index (χ1) is 8.66. The molecule has 3 heteroatoms. The van der Waals surface area contributed by atoms with Crippen LogP contribution in [0.2, 0.25) is 0 Å². The van der Waals surface area contributed by atoms with Crippen LogP contribution < -0.4 is 0 Å². The molecule has 18 heavy (non-hydrogen) atoms. The van der Waals surface area contributed by atoms with Crippen molar-refractivity contribution < 1.29 is 0 Å². The molecule has 0 aliphatic rings. The van der Waals surface area contributed by atoms with Gasteiger partial charge in [-0.2, -0.15) is 0 Å². The van der Waals surface area contributed by atoms with Crippen molar-refractivity contribution >= 4 is 11.4 Å². The number of hydrogen-bond donors (Lipinski definition) is 2. The van der Waals surface area contributed by atoms with E-state index in [0.29, 0.717) is 17.8 Å². The van der Waals surface area contributed by atoms with Crippen molar-refractivity contribution in [3.63, 3.8) is 0 Å². The van der Waals surface area contributed by atoms with E-state index in [2.05, 4.69) is 4.98 Å². The Balaban J connectivity index is 2.31. The molecule has 3 nitrogen and oxygen atoms in total. The minimum atomic E-state index is 0.399. The zero-order valence-electron chi connectivity index (χ0n) is 10.3. The summed E-state index contributed by atoms with van der Waals surface area (Å²) in [5.41, 5.74) is 3.94. The van der Waals surface area contributed by atoms with Gasteiger partial charge in [-0.05, 0) is 30.2 Å². The maximum absolute atomic E-state index is 7.96. The Morgan fingerprint density at radius 2 is 1.89 bits per heavy atom. The van der Waals surface area contributed by atoms with E-state index < -0.39 is 0 Å². The topological polar surface area (TPSA) is 60.6 Å². The minimum absolute atomic E-state index is 0.399. The zero-order valence-corrected chi connectivity index (χ0v) is 10.3. The van der Waals surface area contributed by atoms with Gasteiger partial charge in [-0.15, -0.1) is 0 Å². The summed E-state index contributed by atoms with van der Waals surface area (Å²) < 4.78 is 0. The molecule has 0 aliphatic carbocycles. The van der Waals surface area contributed by atoms with E-state index in [-0.39, 0.29) is 0 Å². The molecule has 0 saturated heterocycles. The van der Waals surface area contributed by atoms with E-state index in [9.17, 15) is 0 Å². The van der Waals surface area contributed by atoms with Crippen LogP contribution in [-0.4, -0.2) is 16.4 Å². The first kappa shape index (κ1) is 12.2. The van der Waals surface area contributed by atoms with Gasteiger partial charge in [0.1, 0.15) is 0 Å². The van der Waals surface area contributed by atoms with Gasteiger partial charge in [0.2, 0.25) is 0 Å². The van der Waals surface area contributed by atoms with E-state index in [0.717, 1.165) is 16.7 Å². The standard InChI is InChI=1S/C15H15N3/c1-11(16)8-15(17)13-5-2-4-12(9-13)14-6-3-7-18-10-14/h2-7,9-10,16-17H,8H2,1H3. The van der Waals surface area contributed by atoms with E-state index in [1.54, 1.807) is 13.1 Å². The summed E-state index contributed by atoms with van der Waals surface area (Å²) in [6, 6.07) is 11.7. The second-order valence-electron chi connectivity index (χ2n) is 4.26. The number of benzene rings is 1. The van der Waals surface area contributed by atoms with Crippen LogP contribution in [0.25, 0.3) is 11.1 Å². The largest absolute Gasteiger partial charge is 0.310 e. The number of aromatic nitrogens is 1. The molecule has 0 atom stereocenters. The van der Waals surface area contributed by atoms with Gasteiger partial charge in [0.15, 0.2) is 0 Å². The second kappa shape index (κ2) is 5.36. The van der Waals surface area contributed by atoms with Crippen molar-refractivity contribution in [2.75, 3.05) is 0 Å². The van der Waals surface area contributed by atoms with Crippen LogP contribution >= 0.6 is 0 Å². The number of nitrogens with zero attached hydrogens (tertiary/aromatic N) is 1. The van der Waals surface area contributed by atoms with Crippen LogP contribution in [0.3, 0.4) is 0 Å². The number of rotatable bonds is 4. The van der Waals surface area contributed by atoms with Gasteiger partial charge >= 0.3 is 0 Å². The van der Waals surface area contributed by atoms with Crippen molar-refractivity contribution in [1.82, 2.24) is 4.98 Å². The molecular formula is C15H15N3. The highest BCUT2D eigenvalue weighted by atomic mass is 14.6. The lowest BCUT2D eigenvalue weighted by molar-refractivity contribution is 1.32. The summed E-state index contributed by atoms with van der Waals surface area (Å²) in [6.45, 7) is 1.72. The highest BCUT2D eigenvalue weighted by Crippen LogP contribution is 2.19. The molecule has 1 heterocycles. The van der Waals surface area contributed by atoms with Gasteiger partial charge in [0, 0.05) is 35.8 Å². The SMILES string of the molecule is CC(=N)CC(=N)c1cccc(-c2cccnc2)c1. The van der Waals surface area contributed by atoms with Crippen molar-refractivity contribution in [3.05, 3.63) is 54.4 Å². The van der Waals surface area contributed by atoms with Gasteiger partial charge < -0.3 is 10.8 Å². The summed E-state index contributed by atoms with van der Waals surface area (Å²) in [6.07, 6.45) is 3.95. The normalized spacial score (nSPS) is 10.1. The number of nitrogens with one attached hydrogen (secondary N) is 2. The maximum atomic E-state index is 7.96. The monoisotopic (exact) mass is 237 g/mol. The average Bonchev–Trinajstić information content (AvgIpc) is 2.39. The molecule has 0 saturated carbocycles.